The van der Waals surface area contributed by atoms with Gasteiger partial charge < -0.3 is 24.3 Å². The van der Waals surface area contributed by atoms with Gasteiger partial charge in [0.25, 0.3) is 5.91 Å². The van der Waals surface area contributed by atoms with E-state index in [1.54, 1.807) is 30.3 Å². The summed E-state index contributed by atoms with van der Waals surface area (Å²) < 4.78 is 20.7. The fraction of sp³-hybridized carbons (Fsp3) is 0.300. The highest BCUT2D eigenvalue weighted by Crippen LogP contribution is 2.40. The summed E-state index contributed by atoms with van der Waals surface area (Å²) in [6.45, 7) is 1.25. The van der Waals surface area contributed by atoms with Gasteiger partial charge in [-0.15, -0.1) is 0 Å². The van der Waals surface area contributed by atoms with Gasteiger partial charge in [0, 0.05) is 6.07 Å². The standard InChI is InChI=1S/C20H22ClN3O6/c1-11(25)18(24-23-12-6-8-14(27-2)16(10-12)29-4)20(26)22-13-7-9-15(28-3)17(21)19(13)30-5/h6-10,18H,1-5H3,(H,22,26). The fourth-order valence-electron chi connectivity index (χ4n) is 2.52. The Morgan fingerprint density at radius 3 is 2.13 bits per heavy atom. The fourth-order valence-corrected chi connectivity index (χ4v) is 2.84. The van der Waals surface area contributed by atoms with E-state index >= 15 is 0 Å². The zero-order valence-corrected chi connectivity index (χ0v) is 17.9. The lowest BCUT2D eigenvalue weighted by Gasteiger charge is -2.15. The van der Waals surface area contributed by atoms with E-state index in [-0.39, 0.29) is 16.5 Å². The molecule has 0 spiro atoms. The van der Waals surface area contributed by atoms with Crippen molar-refractivity contribution in [2.75, 3.05) is 33.8 Å². The van der Waals surface area contributed by atoms with Gasteiger partial charge in [0.15, 0.2) is 23.0 Å². The van der Waals surface area contributed by atoms with E-state index in [1.165, 1.54) is 35.4 Å². The van der Waals surface area contributed by atoms with E-state index in [1.807, 2.05) is 0 Å². The predicted octanol–water partition coefficient (Wildman–Crippen LogP) is 4.05. The zero-order chi connectivity index (χ0) is 22.3. The van der Waals surface area contributed by atoms with Crippen LogP contribution < -0.4 is 24.3 Å². The Balaban J connectivity index is 2.27. The molecule has 30 heavy (non-hydrogen) atoms. The van der Waals surface area contributed by atoms with Gasteiger partial charge in [-0.2, -0.15) is 10.2 Å². The summed E-state index contributed by atoms with van der Waals surface area (Å²) in [5, 5.41) is 10.7. The highest BCUT2D eigenvalue weighted by atomic mass is 35.5. The molecule has 0 aliphatic carbocycles. The number of hydrogen-bond acceptors (Lipinski definition) is 8. The van der Waals surface area contributed by atoms with Crippen LogP contribution in [-0.4, -0.2) is 46.2 Å². The summed E-state index contributed by atoms with van der Waals surface area (Å²) in [6, 6.07) is 6.57. The molecule has 1 N–H and O–H groups in total. The number of anilines is 1. The molecule has 2 aromatic rings. The Bertz CT molecular complexity index is 964. The molecule has 0 aromatic heterocycles. The van der Waals surface area contributed by atoms with Crippen LogP contribution in [0.5, 0.6) is 23.0 Å². The SMILES string of the molecule is COc1ccc(N=NC(C(C)=O)C(=O)Nc2ccc(OC)c(Cl)c2OC)cc1OC. The van der Waals surface area contributed by atoms with Gasteiger partial charge in [0.1, 0.15) is 10.8 Å². The molecular weight excluding hydrogens is 414 g/mol. The monoisotopic (exact) mass is 435 g/mol. The molecule has 0 saturated heterocycles. The molecule has 0 bridgehead atoms. The largest absolute Gasteiger partial charge is 0.495 e. The summed E-state index contributed by atoms with van der Waals surface area (Å²) in [4.78, 5) is 24.7. The van der Waals surface area contributed by atoms with Crippen LogP contribution >= 0.6 is 11.6 Å². The maximum absolute atomic E-state index is 12.7. The van der Waals surface area contributed by atoms with Crippen LogP contribution in [0.15, 0.2) is 40.6 Å². The van der Waals surface area contributed by atoms with Crippen LogP contribution in [0, 0.1) is 0 Å². The van der Waals surface area contributed by atoms with Crippen LogP contribution in [0.4, 0.5) is 11.4 Å². The highest BCUT2D eigenvalue weighted by molar-refractivity contribution is 6.34. The zero-order valence-electron chi connectivity index (χ0n) is 17.2. The molecule has 2 aromatic carbocycles. The molecule has 160 valence electrons. The van der Waals surface area contributed by atoms with Gasteiger partial charge >= 0.3 is 0 Å². The summed E-state index contributed by atoms with van der Waals surface area (Å²) in [5.41, 5.74) is 0.651. The Kier molecular flexibility index (Phi) is 7.99. The van der Waals surface area contributed by atoms with Crippen molar-refractivity contribution >= 4 is 34.7 Å². The maximum Gasteiger partial charge on any atom is 0.258 e. The first-order valence-corrected chi connectivity index (χ1v) is 9.08. The van der Waals surface area contributed by atoms with Crippen LogP contribution in [0.1, 0.15) is 6.92 Å². The van der Waals surface area contributed by atoms with Crippen LogP contribution in [-0.2, 0) is 9.59 Å². The second-order valence-corrected chi connectivity index (χ2v) is 6.30. The van der Waals surface area contributed by atoms with Gasteiger partial charge in [0.2, 0.25) is 6.04 Å². The van der Waals surface area contributed by atoms with Crippen LogP contribution in [0.25, 0.3) is 0 Å². The van der Waals surface area contributed by atoms with Crippen molar-refractivity contribution in [2.45, 2.75) is 13.0 Å². The molecular formula is C20H22ClN3O6. The number of rotatable bonds is 9. The molecule has 0 heterocycles. The van der Waals surface area contributed by atoms with Gasteiger partial charge in [-0.05, 0) is 31.2 Å². The predicted molar refractivity (Wildman–Crippen MR) is 112 cm³/mol. The topological polar surface area (TPSA) is 108 Å². The number of benzene rings is 2. The van der Waals surface area contributed by atoms with E-state index in [9.17, 15) is 9.59 Å². The first-order chi connectivity index (χ1) is 14.4. The van der Waals surface area contributed by atoms with Crippen molar-refractivity contribution in [3.8, 4) is 23.0 Å². The molecule has 1 amide bonds. The number of carbonyl (C=O) groups is 2. The number of azo groups is 1. The lowest BCUT2D eigenvalue weighted by molar-refractivity contribution is -0.126. The number of hydrogen-bond donors (Lipinski definition) is 1. The van der Waals surface area contributed by atoms with E-state index in [0.29, 0.717) is 22.9 Å². The number of nitrogens with one attached hydrogen (secondary N) is 1. The third kappa shape index (κ3) is 5.18. The van der Waals surface area contributed by atoms with Gasteiger partial charge in [-0.3, -0.25) is 9.59 Å². The number of ether oxygens (including phenoxy) is 4. The quantitative estimate of drug-likeness (QED) is 0.470. The summed E-state index contributed by atoms with van der Waals surface area (Å²) in [6.07, 6.45) is 0. The first-order valence-electron chi connectivity index (χ1n) is 8.70. The summed E-state index contributed by atoms with van der Waals surface area (Å²) in [7, 11) is 5.85. The highest BCUT2D eigenvalue weighted by Gasteiger charge is 2.25. The van der Waals surface area contributed by atoms with Crippen molar-refractivity contribution in [1.29, 1.82) is 0 Å². The molecule has 0 aliphatic rings. The smallest absolute Gasteiger partial charge is 0.258 e. The van der Waals surface area contributed by atoms with Crippen molar-refractivity contribution < 1.29 is 28.5 Å². The molecule has 0 aliphatic heterocycles. The van der Waals surface area contributed by atoms with Gasteiger partial charge in [-0.1, -0.05) is 11.6 Å². The maximum atomic E-state index is 12.7. The van der Waals surface area contributed by atoms with E-state index in [2.05, 4.69) is 15.5 Å². The average Bonchev–Trinajstić information content (AvgIpc) is 2.73. The number of Topliss-reactive ketones (excluding diaryl/α,β-unsaturated/α-hetero) is 1. The lowest BCUT2D eigenvalue weighted by Crippen LogP contribution is -2.32. The van der Waals surface area contributed by atoms with E-state index < -0.39 is 17.7 Å². The normalized spacial score (nSPS) is 11.7. The van der Waals surface area contributed by atoms with Crippen molar-refractivity contribution in [3.05, 3.63) is 35.4 Å². The molecule has 1 unspecified atom stereocenters. The third-order valence-electron chi connectivity index (χ3n) is 4.03. The van der Waals surface area contributed by atoms with Crippen LogP contribution in [0.2, 0.25) is 5.02 Å². The van der Waals surface area contributed by atoms with Gasteiger partial charge in [0.05, 0.1) is 39.8 Å². The van der Waals surface area contributed by atoms with E-state index in [4.69, 9.17) is 30.5 Å². The Hall–Kier alpha value is -3.33. The Morgan fingerprint density at radius 2 is 1.57 bits per heavy atom. The third-order valence-corrected chi connectivity index (χ3v) is 4.39. The number of carbonyl (C=O) groups excluding carboxylic acids is 2. The summed E-state index contributed by atoms with van der Waals surface area (Å²) in [5.74, 6) is 0.351. The van der Waals surface area contributed by atoms with E-state index in [0.717, 1.165) is 0 Å². The number of amides is 1. The second-order valence-electron chi connectivity index (χ2n) is 5.92. The van der Waals surface area contributed by atoms with Crippen molar-refractivity contribution in [2.24, 2.45) is 10.2 Å². The minimum absolute atomic E-state index is 0.184. The molecule has 2 rings (SSSR count). The molecule has 1 atom stereocenters. The second kappa shape index (κ2) is 10.4. The molecule has 0 saturated carbocycles. The number of ketones is 1. The number of nitrogens with zero attached hydrogens (tertiary/aromatic N) is 2. The van der Waals surface area contributed by atoms with Crippen molar-refractivity contribution in [3.63, 3.8) is 0 Å². The Morgan fingerprint density at radius 1 is 0.933 bits per heavy atom. The summed E-state index contributed by atoms with van der Waals surface area (Å²) >= 11 is 6.20. The van der Waals surface area contributed by atoms with Crippen LogP contribution in [0.3, 0.4) is 0 Å². The molecule has 10 heteroatoms. The van der Waals surface area contributed by atoms with Crippen molar-refractivity contribution in [1.82, 2.24) is 0 Å². The molecule has 0 fully saturated rings. The first kappa shape index (κ1) is 23.0. The molecule has 9 nitrogen and oxygen atoms in total. The lowest BCUT2D eigenvalue weighted by atomic mass is 10.2. The Labute approximate surface area is 178 Å². The minimum atomic E-state index is -1.37. The number of methoxy groups -OCH3 is 4. The minimum Gasteiger partial charge on any atom is -0.495 e. The number of halogens is 1. The van der Waals surface area contributed by atoms with Gasteiger partial charge in [-0.25, -0.2) is 0 Å². The molecule has 0 radical (unpaired) electrons. The average molecular weight is 436 g/mol.